The summed E-state index contributed by atoms with van der Waals surface area (Å²) in [6.45, 7) is 0.100. The van der Waals surface area contributed by atoms with Gasteiger partial charge >= 0.3 is 0 Å². The molecule has 6 nitrogen and oxygen atoms in total. The SMILES string of the molecule is O=C(Nc1ccccc1)c1ccccc1OCc1noc(-c2ccsc2)n1. The number of nitrogens with one attached hydrogen (secondary N) is 1. The van der Waals surface area contributed by atoms with Crippen LogP contribution in [0.15, 0.2) is 75.9 Å². The maximum absolute atomic E-state index is 12.6. The summed E-state index contributed by atoms with van der Waals surface area (Å²) in [7, 11) is 0. The molecule has 0 spiro atoms. The van der Waals surface area contributed by atoms with Gasteiger partial charge in [0.15, 0.2) is 6.61 Å². The molecule has 1 amide bonds. The number of anilines is 1. The smallest absolute Gasteiger partial charge is 0.259 e. The Labute approximate surface area is 159 Å². The van der Waals surface area contributed by atoms with E-state index < -0.39 is 0 Å². The van der Waals surface area contributed by atoms with Gasteiger partial charge in [-0.15, -0.1) is 0 Å². The van der Waals surface area contributed by atoms with Crippen molar-refractivity contribution >= 4 is 22.9 Å². The summed E-state index contributed by atoms with van der Waals surface area (Å²) in [5.74, 6) is 1.07. The molecule has 4 rings (SSSR count). The van der Waals surface area contributed by atoms with Gasteiger partial charge < -0.3 is 14.6 Å². The summed E-state index contributed by atoms with van der Waals surface area (Å²) < 4.78 is 11.0. The highest BCUT2D eigenvalue weighted by molar-refractivity contribution is 7.08. The minimum Gasteiger partial charge on any atom is -0.485 e. The monoisotopic (exact) mass is 377 g/mol. The van der Waals surface area contributed by atoms with Crippen LogP contribution >= 0.6 is 11.3 Å². The van der Waals surface area contributed by atoms with Crippen LogP contribution in [-0.4, -0.2) is 16.0 Å². The van der Waals surface area contributed by atoms with Crippen molar-refractivity contribution < 1.29 is 14.1 Å². The number of para-hydroxylation sites is 2. The molecule has 0 unspecified atom stereocenters. The molecule has 1 N–H and O–H groups in total. The van der Waals surface area contributed by atoms with Gasteiger partial charge in [0, 0.05) is 11.1 Å². The van der Waals surface area contributed by atoms with Gasteiger partial charge in [-0.25, -0.2) is 0 Å². The lowest BCUT2D eigenvalue weighted by Gasteiger charge is -2.10. The van der Waals surface area contributed by atoms with E-state index in [0.717, 1.165) is 11.3 Å². The van der Waals surface area contributed by atoms with Crippen LogP contribution in [0.2, 0.25) is 0 Å². The topological polar surface area (TPSA) is 77.2 Å². The lowest BCUT2D eigenvalue weighted by Crippen LogP contribution is -2.13. The van der Waals surface area contributed by atoms with E-state index in [2.05, 4.69) is 15.5 Å². The Kier molecular flexibility index (Phi) is 4.93. The van der Waals surface area contributed by atoms with Crippen molar-refractivity contribution in [1.82, 2.24) is 10.1 Å². The molecule has 0 saturated carbocycles. The number of hydrogen-bond acceptors (Lipinski definition) is 6. The number of aromatic nitrogens is 2. The quantitative estimate of drug-likeness (QED) is 0.530. The second kappa shape index (κ2) is 7.84. The van der Waals surface area contributed by atoms with Gasteiger partial charge in [0.05, 0.1) is 11.1 Å². The first-order valence-electron chi connectivity index (χ1n) is 8.23. The van der Waals surface area contributed by atoms with Crippen LogP contribution in [-0.2, 0) is 6.61 Å². The Balaban J connectivity index is 1.46. The molecule has 2 aromatic carbocycles. The van der Waals surface area contributed by atoms with E-state index >= 15 is 0 Å². The zero-order chi connectivity index (χ0) is 18.5. The molecular formula is C20H15N3O3S. The van der Waals surface area contributed by atoms with E-state index in [1.165, 1.54) is 0 Å². The fraction of sp³-hybridized carbons (Fsp3) is 0.0500. The number of nitrogens with zero attached hydrogens (tertiary/aromatic N) is 2. The summed E-state index contributed by atoms with van der Waals surface area (Å²) in [5, 5.41) is 10.6. The van der Waals surface area contributed by atoms with Crippen molar-refractivity contribution in [3.05, 3.63) is 82.8 Å². The number of carbonyl (C=O) groups is 1. The Morgan fingerprint density at radius 3 is 2.70 bits per heavy atom. The summed E-state index contributed by atoms with van der Waals surface area (Å²) in [6, 6.07) is 18.2. The summed E-state index contributed by atoms with van der Waals surface area (Å²) >= 11 is 1.56. The normalized spacial score (nSPS) is 10.5. The molecule has 0 aliphatic carbocycles. The molecule has 0 aliphatic rings. The Morgan fingerprint density at radius 2 is 1.89 bits per heavy atom. The van der Waals surface area contributed by atoms with E-state index in [-0.39, 0.29) is 12.5 Å². The molecule has 0 fully saturated rings. The van der Waals surface area contributed by atoms with Crippen molar-refractivity contribution in [1.29, 1.82) is 0 Å². The highest BCUT2D eigenvalue weighted by Crippen LogP contribution is 2.22. The van der Waals surface area contributed by atoms with Crippen molar-refractivity contribution in [2.45, 2.75) is 6.61 Å². The maximum Gasteiger partial charge on any atom is 0.259 e. The first-order valence-corrected chi connectivity index (χ1v) is 9.17. The molecular weight excluding hydrogens is 362 g/mol. The molecule has 0 saturated heterocycles. The van der Waals surface area contributed by atoms with Crippen LogP contribution in [0.25, 0.3) is 11.5 Å². The molecule has 134 valence electrons. The first kappa shape index (κ1) is 17.0. The Bertz CT molecular complexity index is 1030. The first-order chi connectivity index (χ1) is 13.3. The van der Waals surface area contributed by atoms with E-state index in [0.29, 0.717) is 23.0 Å². The third-order valence-electron chi connectivity index (χ3n) is 3.76. The van der Waals surface area contributed by atoms with E-state index in [1.54, 1.807) is 29.5 Å². The van der Waals surface area contributed by atoms with Crippen molar-refractivity contribution in [2.75, 3.05) is 5.32 Å². The number of carbonyl (C=O) groups excluding carboxylic acids is 1. The van der Waals surface area contributed by atoms with Crippen molar-refractivity contribution in [3.63, 3.8) is 0 Å². The van der Waals surface area contributed by atoms with Crippen LogP contribution in [0.3, 0.4) is 0 Å². The Hall–Kier alpha value is -3.45. The highest BCUT2D eigenvalue weighted by Gasteiger charge is 2.14. The van der Waals surface area contributed by atoms with Crippen molar-refractivity contribution in [2.24, 2.45) is 0 Å². The zero-order valence-corrected chi connectivity index (χ0v) is 15.0. The van der Waals surface area contributed by atoms with Gasteiger partial charge in [0.1, 0.15) is 5.75 Å². The predicted octanol–water partition coefficient (Wildman–Crippen LogP) is 4.63. The summed E-state index contributed by atoms with van der Waals surface area (Å²) in [5.41, 5.74) is 2.03. The Morgan fingerprint density at radius 1 is 1.07 bits per heavy atom. The third kappa shape index (κ3) is 4.04. The molecule has 4 aromatic rings. The number of rotatable bonds is 6. The number of benzene rings is 2. The minimum absolute atomic E-state index is 0.100. The van der Waals surface area contributed by atoms with Crippen molar-refractivity contribution in [3.8, 4) is 17.2 Å². The summed E-state index contributed by atoms with van der Waals surface area (Å²) in [4.78, 5) is 16.9. The van der Waals surface area contributed by atoms with Gasteiger partial charge in [-0.3, -0.25) is 4.79 Å². The molecule has 0 aliphatic heterocycles. The molecule has 27 heavy (non-hydrogen) atoms. The highest BCUT2D eigenvalue weighted by atomic mass is 32.1. The minimum atomic E-state index is -0.246. The molecule has 0 atom stereocenters. The number of thiophene rings is 1. The van der Waals surface area contributed by atoms with Crippen LogP contribution in [0.5, 0.6) is 5.75 Å². The number of ether oxygens (including phenoxy) is 1. The van der Waals surface area contributed by atoms with Crippen LogP contribution in [0.4, 0.5) is 5.69 Å². The zero-order valence-electron chi connectivity index (χ0n) is 14.2. The third-order valence-corrected chi connectivity index (χ3v) is 4.44. The lowest BCUT2D eigenvalue weighted by molar-refractivity contribution is 0.102. The average molecular weight is 377 g/mol. The van der Waals surface area contributed by atoms with E-state index in [1.807, 2.05) is 53.2 Å². The van der Waals surface area contributed by atoms with Crippen LogP contribution < -0.4 is 10.1 Å². The molecule has 7 heteroatoms. The van der Waals surface area contributed by atoms with Gasteiger partial charge in [0.2, 0.25) is 5.82 Å². The van der Waals surface area contributed by atoms with Gasteiger partial charge in [-0.05, 0) is 35.7 Å². The lowest BCUT2D eigenvalue weighted by atomic mass is 10.2. The van der Waals surface area contributed by atoms with Gasteiger partial charge in [0.25, 0.3) is 11.8 Å². The predicted molar refractivity (Wildman–Crippen MR) is 103 cm³/mol. The second-order valence-corrected chi connectivity index (χ2v) is 6.41. The van der Waals surface area contributed by atoms with E-state index in [4.69, 9.17) is 9.26 Å². The van der Waals surface area contributed by atoms with Crippen LogP contribution in [0, 0.1) is 0 Å². The standard InChI is InChI=1S/C20H15N3O3S/c24-19(21-15-6-2-1-3-7-15)16-8-4-5-9-17(16)25-12-18-22-20(26-23-18)14-10-11-27-13-14/h1-11,13H,12H2,(H,21,24). The fourth-order valence-electron chi connectivity index (χ4n) is 2.46. The largest absolute Gasteiger partial charge is 0.485 e. The van der Waals surface area contributed by atoms with E-state index in [9.17, 15) is 4.79 Å². The number of hydrogen-bond donors (Lipinski definition) is 1. The molecule has 0 radical (unpaired) electrons. The van der Waals surface area contributed by atoms with Crippen LogP contribution in [0.1, 0.15) is 16.2 Å². The second-order valence-electron chi connectivity index (χ2n) is 5.63. The maximum atomic E-state index is 12.6. The fourth-order valence-corrected chi connectivity index (χ4v) is 3.09. The summed E-state index contributed by atoms with van der Waals surface area (Å²) in [6.07, 6.45) is 0. The average Bonchev–Trinajstić information content (AvgIpc) is 3.39. The van der Waals surface area contributed by atoms with Gasteiger partial charge in [-0.2, -0.15) is 16.3 Å². The molecule has 0 bridgehead atoms. The number of amides is 1. The molecule has 2 aromatic heterocycles. The van der Waals surface area contributed by atoms with Gasteiger partial charge in [-0.1, -0.05) is 35.5 Å². The molecule has 2 heterocycles.